The van der Waals surface area contributed by atoms with E-state index in [2.05, 4.69) is 5.32 Å². The van der Waals surface area contributed by atoms with E-state index in [1.165, 1.54) is 17.7 Å². The summed E-state index contributed by atoms with van der Waals surface area (Å²) >= 11 is 0. The number of rotatable bonds is 7. The second-order valence-electron chi connectivity index (χ2n) is 6.76. The molecule has 1 fully saturated rings. The Bertz CT molecular complexity index is 507. The van der Waals surface area contributed by atoms with Crippen molar-refractivity contribution in [3.8, 4) is 0 Å². The summed E-state index contributed by atoms with van der Waals surface area (Å²) < 4.78 is 5.66. The second kappa shape index (κ2) is 7.11. The highest BCUT2D eigenvalue weighted by molar-refractivity contribution is 5.89. The van der Waals surface area contributed by atoms with Crippen LogP contribution in [0.3, 0.4) is 0 Å². The van der Waals surface area contributed by atoms with Crippen LogP contribution in [-0.2, 0) is 11.3 Å². The van der Waals surface area contributed by atoms with Crippen LogP contribution in [0.5, 0.6) is 0 Å². The van der Waals surface area contributed by atoms with Crippen LogP contribution in [0.25, 0.3) is 0 Å². The minimum absolute atomic E-state index is 0.238. The lowest BCUT2D eigenvalue weighted by Crippen LogP contribution is -2.41. The van der Waals surface area contributed by atoms with Gasteiger partial charge in [0.25, 0.3) is 0 Å². The van der Waals surface area contributed by atoms with Crippen LogP contribution in [-0.4, -0.2) is 41.8 Å². The van der Waals surface area contributed by atoms with Crippen LogP contribution in [0.1, 0.15) is 32.3 Å². The van der Waals surface area contributed by atoms with Gasteiger partial charge in [-0.1, -0.05) is 12.1 Å². The Kier molecular flexibility index (Phi) is 5.42. The van der Waals surface area contributed by atoms with E-state index < -0.39 is 5.60 Å². The van der Waals surface area contributed by atoms with Crippen LogP contribution in [0.4, 0.5) is 10.5 Å². The first kappa shape index (κ1) is 16.8. The molecule has 0 bridgehead atoms. The first-order valence-corrected chi connectivity index (χ1v) is 7.75. The van der Waals surface area contributed by atoms with Gasteiger partial charge in [0.2, 0.25) is 0 Å². The molecule has 1 saturated carbocycles. The van der Waals surface area contributed by atoms with Gasteiger partial charge in [0.1, 0.15) is 0 Å². The van der Waals surface area contributed by atoms with Crippen LogP contribution in [0, 0.1) is 5.92 Å². The summed E-state index contributed by atoms with van der Waals surface area (Å²) in [5.41, 5.74) is 0.869. The summed E-state index contributed by atoms with van der Waals surface area (Å²) in [5.74, 6) is 0.748. The van der Waals surface area contributed by atoms with Crippen molar-refractivity contribution in [1.29, 1.82) is 0 Å². The lowest BCUT2D eigenvalue weighted by atomic mass is 10.1. The van der Waals surface area contributed by atoms with Crippen molar-refractivity contribution >= 4 is 11.7 Å². The maximum Gasteiger partial charge on any atom is 0.321 e. The first-order chi connectivity index (χ1) is 10.3. The summed E-state index contributed by atoms with van der Waals surface area (Å²) in [5, 5.41) is 12.6. The zero-order valence-electron chi connectivity index (χ0n) is 13.6. The fourth-order valence-corrected chi connectivity index (χ4v) is 2.24. The Balaban J connectivity index is 1.84. The molecule has 2 rings (SSSR count). The molecule has 2 N–H and O–H groups in total. The standard InChI is InChI=1S/C17H26N2O3/c1-17(2,21)12-19(3)16(20)18-15-6-4-5-14(9-15)11-22-10-13-7-8-13/h4-6,9,13,21H,7-8,10-12H2,1-3H3,(H,18,20). The molecule has 0 radical (unpaired) electrons. The number of anilines is 1. The van der Waals surface area contributed by atoms with Crippen LogP contribution < -0.4 is 5.32 Å². The number of aliphatic hydroxyl groups is 1. The van der Waals surface area contributed by atoms with Crippen LogP contribution in [0.2, 0.25) is 0 Å². The summed E-state index contributed by atoms with van der Waals surface area (Å²) in [4.78, 5) is 13.6. The summed E-state index contributed by atoms with van der Waals surface area (Å²) in [6, 6.07) is 7.42. The summed E-state index contributed by atoms with van der Waals surface area (Å²) in [7, 11) is 1.66. The number of benzene rings is 1. The number of hydrogen-bond donors (Lipinski definition) is 2. The van der Waals surface area contributed by atoms with Gasteiger partial charge in [0.05, 0.1) is 18.8 Å². The highest BCUT2D eigenvalue weighted by Gasteiger charge is 2.21. The van der Waals surface area contributed by atoms with Gasteiger partial charge < -0.3 is 20.1 Å². The van der Waals surface area contributed by atoms with Crippen LogP contribution >= 0.6 is 0 Å². The lowest BCUT2D eigenvalue weighted by molar-refractivity contribution is 0.0550. The summed E-state index contributed by atoms with van der Waals surface area (Å²) in [6.07, 6.45) is 2.56. The van der Waals surface area contributed by atoms with E-state index in [1.54, 1.807) is 20.9 Å². The fraction of sp³-hybridized carbons (Fsp3) is 0.588. The van der Waals surface area contributed by atoms with Gasteiger partial charge in [0.15, 0.2) is 0 Å². The van der Waals surface area contributed by atoms with Gasteiger partial charge in [-0.15, -0.1) is 0 Å². The van der Waals surface area contributed by atoms with Gasteiger partial charge >= 0.3 is 6.03 Å². The average molecular weight is 306 g/mol. The molecular weight excluding hydrogens is 280 g/mol. The average Bonchev–Trinajstić information content (AvgIpc) is 3.21. The smallest absolute Gasteiger partial charge is 0.321 e. The molecular formula is C17H26N2O3. The van der Waals surface area contributed by atoms with Gasteiger partial charge in [-0.3, -0.25) is 0 Å². The molecule has 5 heteroatoms. The number of hydrogen-bond acceptors (Lipinski definition) is 3. The monoisotopic (exact) mass is 306 g/mol. The van der Waals surface area contributed by atoms with Crippen molar-refractivity contribution in [1.82, 2.24) is 4.90 Å². The fourth-order valence-electron chi connectivity index (χ4n) is 2.24. The SMILES string of the molecule is CN(CC(C)(C)O)C(=O)Nc1cccc(COCC2CC2)c1. The Morgan fingerprint density at radius 3 is 2.82 bits per heavy atom. The van der Waals surface area contributed by atoms with E-state index >= 15 is 0 Å². The van der Waals surface area contributed by atoms with E-state index in [1.807, 2.05) is 24.3 Å². The molecule has 1 aliphatic rings. The minimum Gasteiger partial charge on any atom is -0.389 e. The van der Waals surface area contributed by atoms with E-state index in [0.29, 0.717) is 6.61 Å². The molecule has 122 valence electrons. The third-order valence-corrected chi connectivity index (χ3v) is 3.47. The maximum atomic E-state index is 12.1. The third kappa shape index (κ3) is 6.03. The number of amides is 2. The molecule has 22 heavy (non-hydrogen) atoms. The normalized spacial score (nSPS) is 14.7. The van der Waals surface area contributed by atoms with Crippen molar-refractivity contribution in [3.63, 3.8) is 0 Å². The number of carbonyl (C=O) groups is 1. The first-order valence-electron chi connectivity index (χ1n) is 7.75. The molecule has 0 unspecified atom stereocenters. The number of carbonyl (C=O) groups excluding carboxylic acids is 1. The largest absolute Gasteiger partial charge is 0.389 e. The Labute approximate surface area is 132 Å². The van der Waals surface area contributed by atoms with Gasteiger partial charge in [-0.2, -0.15) is 0 Å². The molecule has 0 aromatic heterocycles. The van der Waals surface area contributed by atoms with Gasteiger partial charge in [-0.25, -0.2) is 4.79 Å². The lowest BCUT2D eigenvalue weighted by Gasteiger charge is -2.25. The van der Waals surface area contributed by atoms with Crippen molar-refractivity contribution < 1.29 is 14.6 Å². The minimum atomic E-state index is -0.912. The van der Waals surface area contributed by atoms with E-state index in [-0.39, 0.29) is 12.6 Å². The highest BCUT2D eigenvalue weighted by atomic mass is 16.5. The zero-order chi connectivity index (χ0) is 16.2. The number of nitrogens with one attached hydrogen (secondary N) is 1. The number of nitrogens with zero attached hydrogens (tertiary/aromatic N) is 1. The molecule has 0 atom stereocenters. The molecule has 0 spiro atoms. The quantitative estimate of drug-likeness (QED) is 0.814. The van der Waals surface area contributed by atoms with Crippen molar-refractivity contribution in [3.05, 3.63) is 29.8 Å². The van der Waals surface area contributed by atoms with Gasteiger partial charge in [0, 0.05) is 19.3 Å². The Hall–Kier alpha value is -1.59. The molecule has 0 heterocycles. The van der Waals surface area contributed by atoms with Crippen LogP contribution in [0.15, 0.2) is 24.3 Å². The molecule has 1 aromatic carbocycles. The predicted molar refractivity (Wildman–Crippen MR) is 86.8 cm³/mol. The third-order valence-electron chi connectivity index (χ3n) is 3.47. The Morgan fingerprint density at radius 2 is 2.18 bits per heavy atom. The molecule has 1 aromatic rings. The molecule has 0 aliphatic heterocycles. The van der Waals surface area contributed by atoms with E-state index in [0.717, 1.165) is 23.8 Å². The van der Waals surface area contributed by atoms with E-state index in [9.17, 15) is 9.90 Å². The molecule has 2 amide bonds. The van der Waals surface area contributed by atoms with Crippen molar-refractivity contribution in [2.75, 3.05) is 25.5 Å². The highest BCUT2D eigenvalue weighted by Crippen LogP contribution is 2.29. The molecule has 1 aliphatic carbocycles. The Morgan fingerprint density at radius 1 is 1.45 bits per heavy atom. The number of likely N-dealkylation sites (N-methyl/N-ethyl adjacent to an activating group) is 1. The maximum absolute atomic E-state index is 12.1. The topological polar surface area (TPSA) is 61.8 Å². The van der Waals surface area contributed by atoms with E-state index in [4.69, 9.17) is 4.74 Å². The second-order valence-corrected chi connectivity index (χ2v) is 6.76. The predicted octanol–water partition coefficient (Wildman–Crippen LogP) is 2.85. The summed E-state index contributed by atoms with van der Waals surface area (Å²) in [6.45, 7) is 5.01. The van der Waals surface area contributed by atoms with Crippen molar-refractivity contribution in [2.45, 2.75) is 38.9 Å². The zero-order valence-corrected chi connectivity index (χ0v) is 13.6. The van der Waals surface area contributed by atoms with Crippen molar-refractivity contribution in [2.24, 2.45) is 5.92 Å². The molecule has 0 saturated heterocycles. The number of ether oxygens (including phenoxy) is 1. The number of urea groups is 1. The molecule has 5 nitrogen and oxygen atoms in total. The van der Waals surface area contributed by atoms with Gasteiger partial charge in [-0.05, 0) is 50.3 Å².